The molecule has 2 nitrogen and oxygen atoms in total. The van der Waals surface area contributed by atoms with E-state index in [0.717, 1.165) is 23.6 Å². The summed E-state index contributed by atoms with van der Waals surface area (Å²) in [5.41, 5.74) is 1.81. The highest BCUT2D eigenvalue weighted by molar-refractivity contribution is 6.17. The molecule has 2 aliphatic rings. The first-order valence-electron chi connectivity index (χ1n) is 6.74. The number of carbonyl (C=O) groups is 1. The Morgan fingerprint density at radius 3 is 2.67 bits per heavy atom. The average Bonchev–Trinajstić information content (AvgIpc) is 3.28. The van der Waals surface area contributed by atoms with Crippen LogP contribution in [-0.4, -0.2) is 23.4 Å². The Labute approximate surface area is 113 Å². The molecule has 0 atom stereocenters. The molecule has 0 radical (unpaired) electrons. The van der Waals surface area contributed by atoms with Crippen LogP contribution in [0.4, 0.5) is 0 Å². The quantitative estimate of drug-likeness (QED) is 0.746. The zero-order valence-corrected chi connectivity index (χ0v) is 11.2. The Morgan fingerprint density at radius 1 is 1.28 bits per heavy atom. The minimum Gasteiger partial charge on any atom is -0.335 e. The van der Waals surface area contributed by atoms with Crippen LogP contribution in [0.2, 0.25) is 0 Å². The van der Waals surface area contributed by atoms with Crippen molar-refractivity contribution in [3.8, 4) is 0 Å². The lowest BCUT2D eigenvalue weighted by molar-refractivity contribution is 0.0734. The summed E-state index contributed by atoms with van der Waals surface area (Å²) < 4.78 is 0. The fourth-order valence-corrected chi connectivity index (χ4v) is 2.48. The predicted molar refractivity (Wildman–Crippen MR) is 72.8 cm³/mol. The van der Waals surface area contributed by atoms with Crippen LogP contribution in [0.3, 0.4) is 0 Å². The van der Waals surface area contributed by atoms with E-state index in [1.54, 1.807) is 0 Å². The number of rotatable bonds is 5. The maximum Gasteiger partial charge on any atom is 0.254 e. The Balaban J connectivity index is 1.77. The van der Waals surface area contributed by atoms with Crippen LogP contribution in [0.25, 0.3) is 0 Å². The Hall–Kier alpha value is -1.02. The molecule has 18 heavy (non-hydrogen) atoms. The van der Waals surface area contributed by atoms with Gasteiger partial charge in [-0.1, -0.05) is 12.1 Å². The van der Waals surface area contributed by atoms with Gasteiger partial charge in [-0.25, -0.2) is 0 Å². The van der Waals surface area contributed by atoms with Gasteiger partial charge in [0.1, 0.15) is 0 Å². The molecule has 0 aromatic heterocycles. The van der Waals surface area contributed by atoms with E-state index in [0.29, 0.717) is 11.9 Å². The molecule has 2 fully saturated rings. The van der Waals surface area contributed by atoms with Crippen molar-refractivity contribution in [2.45, 2.75) is 37.6 Å². The van der Waals surface area contributed by atoms with Crippen molar-refractivity contribution in [2.24, 2.45) is 5.92 Å². The summed E-state index contributed by atoms with van der Waals surface area (Å²) in [6.45, 7) is 0.953. The molecule has 0 aliphatic heterocycles. The van der Waals surface area contributed by atoms with E-state index in [1.807, 2.05) is 24.3 Å². The summed E-state index contributed by atoms with van der Waals surface area (Å²) >= 11 is 5.83. The summed E-state index contributed by atoms with van der Waals surface area (Å²) in [4.78, 5) is 14.6. The molecule has 1 aromatic carbocycles. The molecular formula is C15H18ClNO. The van der Waals surface area contributed by atoms with Crippen molar-refractivity contribution in [3.63, 3.8) is 0 Å². The lowest BCUT2D eigenvalue weighted by Crippen LogP contribution is -2.34. The van der Waals surface area contributed by atoms with Crippen LogP contribution < -0.4 is 0 Å². The monoisotopic (exact) mass is 263 g/mol. The molecule has 0 N–H and O–H groups in total. The SMILES string of the molecule is O=C(c1cccc(CCl)c1)N(CC1CC1)C1CC1. The fourth-order valence-electron chi connectivity index (χ4n) is 2.32. The van der Waals surface area contributed by atoms with Crippen LogP contribution in [0.1, 0.15) is 41.6 Å². The lowest BCUT2D eigenvalue weighted by Gasteiger charge is -2.22. The van der Waals surface area contributed by atoms with Crippen molar-refractivity contribution < 1.29 is 4.79 Å². The molecule has 1 aromatic rings. The predicted octanol–water partition coefficient (Wildman–Crippen LogP) is 3.44. The third kappa shape index (κ3) is 2.69. The van der Waals surface area contributed by atoms with Gasteiger partial charge >= 0.3 is 0 Å². The van der Waals surface area contributed by atoms with Crippen LogP contribution >= 0.6 is 11.6 Å². The Kier molecular flexibility index (Phi) is 3.29. The summed E-state index contributed by atoms with van der Waals surface area (Å²) in [5.74, 6) is 1.41. The molecule has 1 amide bonds. The summed E-state index contributed by atoms with van der Waals surface area (Å²) in [6.07, 6.45) is 4.93. The van der Waals surface area contributed by atoms with Crippen LogP contribution in [0, 0.1) is 5.92 Å². The Morgan fingerprint density at radius 2 is 2.06 bits per heavy atom. The third-order valence-corrected chi connectivity index (χ3v) is 4.04. The fraction of sp³-hybridized carbons (Fsp3) is 0.533. The second kappa shape index (κ2) is 4.93. The largest absolute Gasteiger partial charge is 0.335 e. The van der Waals surface area contributed by atoms with Gasteiger partial charge in [-0.3, -0.25) is 4.79 Å². The zero-order chi connectivity index (χ0) is 12.5. The average molecular weight is 264 g/mol. The van der Waals surface area contributed by atoms with Crippen molar-refractivity contribution >= 4 is 17.5 Å². The van der Waals surface area contributed by atoms with E-state index >= 15 is 0 Å². The topological polar surface area (TPSA) is 20.3 Å². The van der Waals surface area contributed by atoms with Gasteiger partial charge in [0.2, 0.25) is 0 Å². The number of hydrogen-bond donors (Lipinski definition) is 0. The van der Waals surface area contributed by atoms with Crippen LogP contribution in [-0.2, 0) is 5.88 Å². The molecule has 0 heterocycles. The highest BCUT2D eigenvalue weighted by Crippen LogP contribution is 2.35. The number of hydrogen-bond acceptors (Lipinski definition) is 1. The van der Waals surface area contributed by atoms with Gasteiger partial charge in [-0.05, 0) is 49.3 Å². The number of halogens is 1. The molecule has 96 valence electrons. The number of nitrogens with zero attached hydrogens (tertiary/aromatic N) is 1. The number of amides is 1. The highest BCUT2D eigenvalue weighted by Gasteiger charge is 2.36. The van der Waals surface area contributed by atoms with E-state index in [4.69, 9.17) is 11.6 Å². The smallest absolute Gasteiger partial charge is 0.254 e. The van der Waals surface area contributed by atoms with Crippen LogP contribution in [0.5, 0.6) is 0 Å². The second-order valence-corrected chi connectivity index (χ2v) is 5.73. The van der Waals surface area contributed by atoms with Crippen molar-refractivity contribution in [3.05, 3.63) is 35.4 Å². The molecule has 2 saturated carbocycles. The van der Waals surface area contributed by atoms with Gasteiger partial charge in [0.25, 0.3) is 5.91 Å². The maximum absolute atomic E-state index is 12.5. The number of carbonyl (C=O) groups excluding carboxylic acids is 1. The Bertz CT molecular complexity index is 452. The molecule has 0 unspecified atom stereocenters. The minimum absolute atomic E-state index is 0.191. The summed E-state index contributed by atoms with van der Waals surface area (Å²) in [7, 11) is 0. The van der Waals surface area contributed by atoms with Crippen LogP contribution in [0.15, 0.2) is 24.3 Å². The van der Waals surface area contributed by atoms with Gasteiger partial charge in [-0.2, -0.15) is 0 Å². The summed E-state index contributed by atoms with van der Waals surface area (Å²) in [5, 5.41) is 0. The van der Waals surface area contributed by atoms with Crippen molar-refractivity contribution in [1.82, 2.24) is 4.90 Å². The van der Waals surface area contributed by atoms with Crippen molar-refractivity contribution in [1.29, 1.82) is 0 Å². The number of alkyl halides is 1. The van der Waals surface area contributed by atoms with Gasteiger partial charge < -0.3 is 4.90 Å². The van der Waals surface area contributed by atoms with E-state index < -0.39 is 0 Å². The molecule has 0 spiro atoms. The first-order chi connectivity index (χ1) is 8.78. The molecule has 2 aliphatic carbocycles. The molecular weight excluding hydrogens is 246 g/mol. The summed E-state index contributed by atoms with van der Waals surface area (Å²) in [6, 6.07) is 8.22. The molecule has 3 heteroatoms. The minimum atomic E-state index is 0.191. The normalized spacial score (nSPS) is 18.7. The molecule has 0 bridgehead atoms. The second-order valence-electron chi connectivity index (χ2n) is 5.47. The van der Waals surface area contributed by atoms with Gasteiger partial charge in [-0.15, -0.1) is 11.6 Å². The van der Waals surface area contributed by atoms with E-state index in [-0.39, 0.29) is 5.91 Å². The first-order valence-corrected chi connectivity index (χ1v) is 7.27. The van der Waals surface area contributed by atoms with E-state index in [1.165, 1.54) is 25.7 Å². The lowest BCUT2D eigenvalue weighted by atomic mass is 10.1. The van der Waals surface area contributed by atoms with Gasteiger partial charge in [0.05, 0.1) is 0 Å². The van der Waals surface area contributed by atoms with Gasteiger partial charge in [0, 0.05) is 24.0 Å². The highest BCUT2D eigenvalue weighted by atomic mass is 35.5. The van der Waals surface area contributed by atoms with E-state index in [2.05, 4.69) is 4.90 Å². The number of benzene rings is 1. The maximum atomic E-state index is 12.5. The third-order valence-electron chi connectivity index (χ3n) is 3.73. The van der Waals surface area contributed by atoms with Crippen molar-refractivity contribution in [2.75, 3.05) is 6.54 Å². The molecule has 0 saturated heterocycles. The standard InChI is InChI=1S/C15H18ClNO/c16-9-12-2-1-3-13(8-12)15(18)17(14-6-7-14)10-11-4-5-11/h1-3,8,11,14H,4-7,9-10H2. The van der Waals surface area contributed by atoms with Gasteiger partial charge in [0.15, 0.2) is 0 Å². The van der Waals surface area contributed by atoms with E-state index in [9.17, 15) is 4.79 Å². The first kappa shape index (κ1) is 12.0. The molecule has 3 rings (SSSR count). The zero-order valence-electron chi connectivity index (χ0n) is 10.4.